The summed E-state index contributed by atoms with van der Waals surface area (Å²) in [6.45, 7) is 2.53. The minimum absolute atomic E-state index is 0.150. The number of sulfonamides is 1. The Bertz CT molecular complexity index is 938. The number of nitrogens with one attached hydrogen (secondary N) is 1. The van der Waals surface area contributed by atoms with Gasteiger partial charge in [0.1, 0.15) is 5.82 Å². The van der Waals surface area contributed by atoms with E-state index in [9.17, 15) is 13.2 Å². The van der Waals surface area contributed by atoms with Gasteiger partial charge in [-0.3, -0.25) is 9.10 Å². The van der Waals surface area contributed by atoms with Crippen LogP contribution in [0.15, 0.2) is 42.6 Å². The van der Waals surface area contributed by atoms with E-state index >= 15 is 0 Å². The molecule has 0 spiro atoms. The number of carbonyl (C=O) groups is 1. The standard InChI is InChI=1S/C19H22N4O3S/c24-19(21-18-8-7-17(14-20-18)22-9-1-2-10-22)15-5-3-6-16(13-15)23-11-4-12-27(23,25)26/h3,5-8,13-14H,1-2,4,9-12H2,(H,20,21,24). The van der Waals surface area contributed by atoms with Gasteiger partial charge in [0.05, 0.1) is 23.3 Å². The van der Waals surface area contributed by atoms with Gasteiger partial charge in [0.15, 0.2) is 0 Å². The van der Waals surface area contributed by atoms with E-state index in [0.717, 1.165) is 18.8 Å². The van der Waals surface area contributed by atoms with Crippen LogP contribution in [0.25, 0.3) is 0 Å². The third kappa shape index (κ3) is 3.75. The lowest BCUT2D eigenvalue weighted by molar-refractivity contribution is 0.102. The summed E-state index contributed by atoms with van der Waals surface area (Å²) in [7, 11) is -3.27. The molecule has 0 radical (unpaired) electrons. The summed E-state index contributed by atoms with van der Waals surface area (Å²) >= 11 is 0. The minimum atomic E-state index is -3.27. The molecule has 0 saturated carbocycles. The molecule has 0 unspecified atom stereocenters. The summed E-state index contributed by atoms with van der Waals surface area (Å²) < 4.78 is 25.5. The van der Waals surface area contributed by atoms with Gasteiger partial charge in [0.2, 0.25) is 10.0 Å². The molecule has 27 heavy (non-hydrogen) atoms. The van der Waals surface area contributed by atoms with Gasteiger partial charge in [-0.2, -0.15) is 0 Å². The Labute approximate surface area is 159 Å². The first-order valence-corrected chi connectivity index (χ1v) is 10.8. The van der Waals surface area contributed by atoms with Gasteiger partial charge in [-0.25, -0.2) is 13.4 Å². The lowest BCUT2D eigenvalue weighted by atomic mass is 10.2. The molecule has 142 valence electrons. The van der Waals surface area contributed by atoms with Gasteiger partial charge in [-0.1, -0.05) is 6.07 Å². The molecule has 2 saturated heterocycles. The third-order valence-corrected chi connectivity index (χ3v) is 6.83. The maximum Gasteiger partial charge on any atom is 0.256 e. The Hall–Kier alpha value is -2.61. The molecule has 0 aliphatic carbocycles. The summed E-state index contributed by atoms with van der Waals surface area (Å²) in [6, 6.07) is 10.4. The Kier molecular flexibility index (Phi) is 4.73. The number of nitrogens with zero attached hydrogens (tertiary/aromatic N) is 3. The average Bonchev–Trinajstić information content (AvgIpc) is 3.32. The van der Waals surface area contributed by atoms with E-state index in [1.165, 1.54) is 17.1 Å². The summed E-state index contributed by atoms with van der Waals surface area (Å²) in [5.41, 5.74) is 1.99. The monoisotopic (exact) mass is 386 g/mol. The van der Waals surface area contributed by atoms with Crippen molar-refractivity contribution in [1.29, 1.82) is 0 Å². The fourth-order valence-electron chi connectivity index (χ4n) is 3.54. The molecule has 4 rings (SSSR count). The Morgan fingerprint density at radius 2 is 1.81 bits per heavy atom. The van der Waals surface area contributed by atoms with E-state index in [0.29, 0.717) is 30.0 Å². The zero-order valence-electron chi connectivity index (χ0n) is 15.0. The van der Waals surface area contributed by atoms with Crippen molar-refractivity contribution in [2.24, 2.45) is 0 Å². The van der Waals surface area contributed by atoms with Crippen LogP contribution in [0.3, 0.4) is 0 Å². The highest BCUT2D eigenvalue weighted by Gasteiger charge is 2.28. The second-order valence-electron chi connectivity index (χ2n) is 6.84. The fourth-order valence-corrected chi connectivity index (χ4v) is 5.10. The van der Waals surface area contributed by atoms with Crippen molar-refractivity contribution in [3.05, 3.63) is 48.2 Å². The van der Waals surface area contributed by atoms with E-state index in [4.69, 9.17) is 0 Å². The lowest BCUT2D eigenvalue weighted by Crippen LogP contribution is -2.25. The van der Waals surface area contributed by atoms with E-state index in [2.05, 4.69) is 15.2 Å². The number of amides is 1. The SMILES string of the molecule is O=C(Nc1ccc(N2CCCC2)cn1)c1cccc(N2CCCS2(=O)=O)c1. The van der Waals surface area contributed by atoms with Crippen LogP contribution in [0.1, 0.15) is 29.6 Å². The van der Waals surface area contributed by atoms with Crippen molar-refractivity contribution in [1.82, 2.24) is 4.98 Å². The number of rotatable bonds is 4. The predicted octanol–water partition coefficient (Wildman–Crippen LogP) is 2.47. The van der Waals surface area contributed by atoms with Gasteiger partial charge >= 0.3 is 0 Å². The van der Waals surface area contributed by atoms with Crippen molar-refractivity contribution in [2.75, 3.05) is 39.9 Å². The maximum atomic E-state index is 12.6. The fraction of sp³-hybridized carbons (Fsp3) is 0.368. The van der Waals surface area contributed by atoms with Crippen molar-refractivity contribution in [2.45, 2.75) is 19.3 Å². The summed E-state index contributed by atoms with van der Waals surface area (Å²) in [4.78, 5) is 19.2. The van der Waals surface area contributed by atoms with Crippen LogP contribution >= 0.6 is 0 Å². The van der Waals surface area contributed by atoms with Crippen molar-refractivity contribution < 1.29 is 13.2 Å². The molecule has 3 heterocycles. The van der Waals surface area contributed by atoms with E-state index in [1.54, 1.807) is 36.5 Å². The molecule has 2 fully saturated rings. The number of hydrogen-bond acceptors (Lipinski definition) is 5. The zero-order valence-corrected chi connectivity index (χ0v) is 15.8. The van der Waals surface area contributed by atoms with Crippen LogP contribution in [0.2, 0.25) is 0 Å². The van der Waals surface area contributed by atoms with Crippen LogP contribution < -0.4 is 14.5 Å². The van der Waals surface area contributed by atoms with Crippen LogP contribution in [0, 0.1) is 0 Å². The van der Waals surface area contributed by atoms with Gasteiger partial charge in [-0.15, -0.1) is 0 Å². The zero-order chi connectivity index (χ0) is 18.9. The molecule has 0 bridgehead atoms. The number of aromatic nitrogens is 1. The molecule has 1 aromatic heterocycles. The first-order valence-electron chi connectivity index (χ1n) is 9.16. The van der Waals surface area contributed by atoms with E-state index in [1.807, 2.05) is 6.07 Å². The van der Waals surface area contributed by atoms with Crippen LogP contribution in [0.5, 0.6) is 0 Å². The smallest absolute Gasteiger partial charge is 0.256 e. The normalized spacial score (nSPS) is 18.7. The number of benzene rings is 1. The van der Waals surface area contributed by atoms with Crippen LogP contribution in [-0.2, 0) is 10.0 Å². The highest BCUT2D eigenvalue weighted by atomic mass is 32.2. The maximum absolute atomic E-state index is 12.6. The molecule has 8 heteroatoms. The molecule has 2 aliphatic heterocycles. The summed E-state index contributed by atoms with van der Waals surface area (Å²) in [6.07, 6.45) is 4.77. The number of carbonyl (C=O) groups excluding carboxylic acids is 1. The molecule has 2 aliphatic rings. The van der Waals surface area contributed by atoms with Crippen LogP contribution in [-0.4, -0.2) is 44.7 Å². The molecule has 7 nitrogen and oxygen atoms in total. The molecular formula is C19H22N4O3S. The van der Waals surface area contributed by atoms with Gasteiger partial charge < -0.3 is 10.2 Å². The quantitative estimate of drug-likeness (QED) is 0.873. The van der Waals surface area contributed by atoms with E-state index in [-0.39, 0.29) is 11.7 Å². The molecule has 0 atom stereocenters. The second-order valence-corrected chi connectivity index (χ2v) is 8.85. The predicted molar refractivity (Wildman–Crippen MR) is 106 cm³/mol. The average molecular weight is 386 g/mol. The number of hydrogen-bond donors (Lipinski definition) is 1. The topological polar surface area (TPSA) is 82.6 Å². The van der Waals surface area contributed by atoms with Crippen molar-refractivity contribution in [3.63, 3.8) is 0 Å². The van der Waals surface area contributed by atoms with Gasteiger partial charge in [0.25, 0.3) is 5.91 Å². The molecular weight excluding hydrogens is 364 g/mol. The highest BCUT2D eigenvalue weighted by molar-refractivity contribution is 7.93. The lowest BCUT2D eigenvalue weighted by Gasteiger charge is -2.18. The van der Waals surface area contributed by atoms with Gasteiger partial charge in [-0.05, 0) is 49.6 Å². The first kappa shape index (κ1) is 17.8. The minimum Gasteiger partial charge on any atom is -0.370 e. The third-order valence-electron chi connectivity index (χ3n) is 4.96. The number of anilines is 3. The molecule has 1 aromatic carbocycles. The summed E-state index contributed by atoms with van der Waals surface area (Å²) in [5, 5.41) is 2.78. The highest BCUT2D eigenvalue weighted by Crippen LogP contribution is 2.25. The molecule has 2 aromatic rings. The Morgan fingerprint density at radius 1 is 1.00 bits per heavy atom. The Morgan fingerprint density at radius 3 is 2.48 bits per heavy atom. The second kappa shape index (κ2) is 7.19. The Balaban J connectivity index is 1.47. The van der Waals surface area contributed by atoms with Crippen molar-refractivity contribution >= 4 is 33.1 Å². The van der Waals surface area contributed by atoms with Crippen molar-refractivity contribution in [3.8, 4) is 0 Å². The number of pyridine rings is 1. The van der Waals surface area contributed by atoms with E-state index < -0.39 is 10.0 Å². The molecule has 1 N–H and O–H groups in total. The van der Waals surface area contributed by atoms with Crippen LogP contribution in [0.4, 0.5) is 17.2 Å². The van der Waals surface area contributed by atoms with Gasteiger partial charge in [0, 0.05) is 25.2 Å². The first-order chi connectivity index (χ1) is 13.0. The largest absolute Gasteiger partial charge is 0.370 e. The summed E-state index contributed by atoms with van der Waals surface area (Å²) in [5.74, 6) is 0.313. The molecule has 1 amide bonds.